The van der Waals surface area contributed by atoms with Gasteiger partial charge in [-0.15, -0.1) is 0 Å². The molecule has 0 saturated heterocycles. The molecule has 1 aliphatic carbocycles. The summed E-state index contributed by atoms with van der Waals surface area (Å²) in [5.74, 6) is -0.0992. The number of anilines is 1. The third-order valence-electron chi connectivity index (χ3n) is 6.47. The van der Waals surface area contributed by atoms with E-state index in [2.05, 4.69) is 10.6 Å². The van der Waals surface area contributed by atoms with Crippen LogP contribution in [0.2, 0.25) is 0 Å². The van der Waals surface area contributed by atoms with E-state index in [4.69, 9.17) is 0 Å². The van der Waals surface area contributed by atoms with Crippen molar-refractivity contribution < 1.29 is 22.8 Å². The van der Waals surface area contributed by atoms with E-state index >= 15 is 0 Å². The molecule has 0 spiro atoms. The lowest BCUT2D eigenvalue weighted by Crippen LogP contribution is -2.31. The summed E-state index contributed by atoms with van der Waals surface area (Å²) in [4.78, 5) is 25.7. The minimum Gasteiger partial charge on any atom is -0.350 e. The molecule has 0 bridgehead atoms. The SMILES string of the molecule is Cn1cc(NC(=O)c2ccccc2-c2ccc(C(F)(F)F)cc2)cc1C(=O)NCC1CCCCC1. The normalized spacial score (nSPS) is 14.5. The molecule has 0 atom stereocenters. The Bertz CT molecular complexity index is 1190. The van der Waals surface area contributed by atoms with Crippen molar-refractivity contribution in [2.45, 2.75) is 38.3 Å². The average molecular weight is 484 g/mol. The minimum atomic E-state index is -4.43. The molecule has 0 unspecified atom stereocenters. The summed E-state index contributed by atoms with van der Waals surface area (Å²) < 4.78 is 40.4. The Hall–Kier alpha value is -3.55. The molecular weight excluding hydrogens is 455 g/mol. The van der Waals surface area contributed by atoms with Crippen LogP contribution in [0, 0.1) is 5.92 Å². The molecule has 184 valence electrons. The molecule has 5 nitrogen and oxygen atoms in total. The third kappa shape index (κ3) is 5.93. The summed E-state index contributed by atoms with van der Waals surface area (Å²) in [7, 11) is 1.74. The highest BCUT2D eigenvalue weighted by molar-refractivity contribution is 6.09. The quantitative estimate of drug-likeness (QED) is 0.434. The van der Waals surface area contributed by atoms with Gasteiger partial charge in [-0.1, -0.05) is 49.6 Å². The van der Waals surface area contributed by atoms with Crippen LogP contribution in [0.4, 0.5) is 18.9 Å². The molecule has 2 N–H and O–H groups in total. The molecule has 1 aromatic heterocycles. The van der Waals surface area contributed by atoms with Gasteiger partial charge in [0.2, 0.25) is 0 Å². The molecule has 1 heterocycles. The highest BCUT2D eigenvalue weighted by Gasteiger charge is 2.30. The summed E-state index contributed by atoms with van der Waals surface area (Å²) >= 11 is 0. The molecule has 35 heavy (non-hydrogen) atoms. The molecule has 2 aromatic carbocycles. The molecule has 2 amide bonds. The van der Waals surface area contributed by atoms with E-state index in [0.29, 0.717) is 40.5 Å². The van der Waals surface area contributed by atoms with E-state index in [1.807, 2.05) is 0 Å². The maximum absolute atomic E-state index is 13.1. The number of amides is 2. The van der Waals surface area contributed by atoms with Gasteiger partial charge >= 0.3 is 6.18 Å². The third-order valence-corrected chi connectivity index (χ3v) is 6.47. The zero-order valence-electron chi connectivity index (χ0n) is 19.5. The van der Waals surface area contributed by atoms with Crippen LogP contribution >= 0.6 is 0 Å². The lowest BCUT2D eigenvalue weighted by Gasteiger charge is -2.21. The maximum atomic E-state index is 13.1. The number of hydrogen-bond acceptors (Lipinski definition) is 2. The van der Waals surface area contributed by atoms with Crippen molar-refractivity contribution in [3.05, 3.63) is 77.6 Å². The maximum Gasteiger partial charge on any atom is 0.416 e. The number of halogens is 3. The Labute approximate surface area is 202 Å². The standard InChI is InChI=1S/C27H28F3N3O2/c1-33-17-21(15-24(33)26(35)31-16-18-7-3-2-4-8-18)32-25(34)23-10-6-5-9-22(23)19-11-13-20(14-12-19)27(28,29)30/h5-6,9-15,17-18H,2-4,7-8,16H2,1H3,(H,31,35)(H,32,34). The van der Waals surface area contributed by atoms with Crippen molar-refractivity contribution in [3.8, 4) is 11.1 Å². The second-order valence-electron chi connectivity index (χ2n) is 9.01. The number of hydrogen-bond donors (Lipinski definition) is 2. The van der Waals surface area contributed by atoms with E-state index in [9.17, 15) is 22.8 Å². The molecule has 1 aliphatic rings. The largest absolute Gasteiger partial charge is 0.416 e. The van der Waals surface area contributed by atoms with Crippen LogP contribution in [0.15, 0.2) is 60.8 Å². The highest BCUT2D eigenvalue weighted by atomic mass is 19.4. The van der Waals surface area contributed by atoms with E-state index in [1.54, 1.807) is 48.1 Å². The van der Waals surface area contributed by atoms with E-state index in [-0.39, 0.29) is 5.91 Å². The number of aryl methyl sites for hydroxylation is 1. The van der Waals surface area contributed by atoms with Crippen molar-refractivity contribution in [2.75, 3.05) is 11.9 Å². The predicted octanol–water partition coefficient (Wildman–Crippen LogP) is 6.27. The monoisotopic (exact) mass is 483 g/mol. The molecule has 1 fully saturated rings. The molecule has 0 radical (unpaired) electrons. The highest BCUT2D eigenvalue weighted by Crippen LogP contribution is 2.32. The van der Waals surface area contributed by atoms with Gasteiger partial charge in [-0.05, 0) is 54.2 Å². The number of nitrogens with zero attached hydrogens (tertiary/aromatic N) is 1. The number of carbonyl (C=O) groups is 2. The van der Waals surface area contributed by atoms with Gasteiger partial charge in [0.25, 0.3) is 11.8 Å². The molecule has 4 rings (SSSR count). The van der Waals surface area contributed by atoms with Gasteiger partial charge in [0.1, 0.15) is 5.69 Å². The van der Waals surface area contributed by atoms with Gasteiger partial charge < -0.3 is 15.2 Å². The molecule has 0 aliphatic heterocycles. The smallest absolute Gasteiger partial charge is 0.350 e. The van der Waals surface area contributed by atoms with Crippen LogP contribution in [-0.2, 0) is 13.2 Å². The molecular formula is C27H28F3N3O2. The van der Waals surface area contributed by atoms with E-state index < -0.39 is 17.6 Å². The zero-order chi connectivity index (χ0) is 25.0. The van der Waals surface area contributed by atoms with Crippen LogP contribution in [0.3, 0.4) is 0 Å². The Morgan fingerprint density at radius 2 is 1.66 bits per heavy atom. The fourth-order valence-corrected chi connectivity index (χ4v) is 4.55. The average Bonchev–Trinajstić information content (AvgIpc) is 3.22. The summed E-state index contributed by atoms with van der Waals surface area (Å²) in [6.07, 6.45) is 3.16. The van der Waals surface area contributed by atoms with Gasteiger partial charge in [0.15, 0.2) is 0 Å². The first-order chi connectivity index (χ1) is 16.7. The number of alkyl halides is 3. The first-order valence-electron chi connectivity index (χ1n) is 11.7. The first-order valence-corrected chi connectivity index (χ1v) is 11.7. The summed E-state index contributed by atoms with van der Waals surface area (Å²) in [5.41, 5.74) is 1.48. The van der Waals surface area contributed by atoms with E-state index in [0.717, 1.165) is 25.0 Å². The van der Waals surface area contributed by atoms with Crippen molar-refractivity contribution in [3.63, 3.8) is 0 Å². The Morgan fingerprint density at radius 1 is 0.971 bits per heavy atom. The summed E-state index contributed by atoms with van der Waals surface area (Å²) in [5, 5.41) is 5.81. The van der Waals surface area contributed by atoms with Crippen LogP contribution in [0.1, 0.15) is 58.5 Å². The minimum absolute atomic E-state index is 0.191. The van der Waals surface area contributed by atoms with E-state index in [1.165, 1.54) is 31.4 Å². The molecule has 1 saturated carbocycles. The molecule has 3 aromatic rings. The van der Waals surface area contributed by atoms with Crippen LogP contribution in [0.25, 0.3) is 11.1 Å². The number of benzene rings is 2. The van der Waals surface area contributed by atoms with Crippen LogP contribution in [-0.4, -0.2) is 22.9 Å². The number of rotatable bonds is 6. The van der Waals surface area contributed by atoms with Crippen LogP contribution < -0.4 is 10.6 Å². The number of carbonyl (C=O) groups excluding carboxylic acids is 2. The van der Waals surface area contributed by atoms with Gasteiger partial charge in [-0.25, -0.2) is 0 Å². The van der Waals surface area contributed by atoms with Crippen molar-refractivity contribution >= 4 is 17.5 Å². The van der Waals surface area contributed by atoms with Crippen molar-refractivity contribution in [1.82, 2.24) is 9.88 Å². The second-order valence-corrected chi connectivity index (χ2v) is 9.01. The summed E-state index contributed by atoms with van der Waals surface area (Å²) in [6, 6.07) is 13.0. The Morgan fingerprint density at radius 3 is 2.34 bits per heavy atom. The predicted molar refractivity (Wildman–Crippen MR) is 129 cm³/mol. The first kappa shape index (κ1) is 24.6. The fraction of sp³-hybridized carbons (Fsp3) is 0.333. The van der Waals surface area contributed by atoms with Gasteiger partial charge in [0.05, 0.1) is 11.3 Å². The topological polar surface area (TPSA) is 63.1 Å². The Kier molecular flexibility index (Phi) is 7.28. The summed E-state index contributed by atoms with van der Waals surface area (Å²) in [6.45, 7) is 0.645. The van der Waals surface area contributed by atoms with Gasteiger partial charge in [0, 0.05) is 25.4 Å². The Balaban J connectivity index is 1.46. The lowest BCUT2D eigenvalue weighted by atomic mass is 9.89. The number of aromatic nitrogens is 1. The van der Waals surface area contributed by atoms with Crippen molar-refractivity contribution in [1.29, 1.82) is 0 Å². The lowest BCUT2D eigenvalue weighted by molar-refractivity contribution is -0.137. The van der Waals surface area contributed by atoms with Gasteiger partial charge in [-0.2, -0.15) is 13.2 Å². The molecule has 8 heteroatoms. The number of nitrogens with one attached hydrogen (secondary N) is 2. The van der Waals surface area contributed by atoms with Crippen LogP contribution in [0.5, 0.6) is 0 Å². The zero-order valence-corrected chi connectivity index (χ0v) is 19.5. The van der Waals surface area contributed by atoms with Gasteiger partial charge in [-0.3, -0.25) is 9.59 Å². The second kappa shape index (κ2) is 10.4. The van der Waals surface area contributed by atoms with Crippen molar-refractivity contribution in [2.24, 2.45) is 13.0 Å². The fourth-order valence-electron chi connectivity index (χ4n) is 4.55.